The summed E-state index contributed by atoms with van der Waals surface area (Å²) < 4.78 is 7.45. The molecule has 150 valence electrons. The number of nitrogens with zero attached hydrogens (tertiary/aromatic N) is 2. The zero-order valence-electron chi connectivity index (χ0n) is 15.8. The van der Waals surface area contributed by atoms with E-state index in [9.17, 15) is 14.8 Å². The highest BCUT2D eigenvalue weighted by molar-refractivity contribution is 6.47. The number of aromatic nitrogens is 1. The molecule has 0 fully saturated rings. The topological polar surface area (TPSA) is 127 Å². The molecule has 0 aliphatic heterocycles. The van der Waals surface area contributed by atoms with Gasteiger partial charge >= 0.3 is 5.97 Å². The maximum Gasteiger partial charge on any atom is 0.341 e. The van der Waals surface area contributed by atoms with Crippen molar-refractivity contribution in [2.24, 2.45) is 10.9 Å². The van der Waals surface area contributed by atoms with Crippen molar-refractivity contribution in [1.29, 1.82) is 0 Å². The standard InChI is InChI=1S/C21H21N3O5/c1-2-14-19(20(23-28)21(22)27)18-15(9-6-10-16(18)29-12-17(25)26)24(14)11-13-7-4-3-5-8-13/h3-10,28H,2,11-12H2,1H3,(H2,22,27)(H,25,26)/b23-20+. The van der Waals surface area contributed by atoms with Gasteiger partial charge in [0.1, 0.15) is 5.75 Å². The second-order valence-corrected chi connectivity index (χ2v) is 6.39. The van der Waals surface area contributed by atoms with Gasteiger partial charge in [-0.1, -0.05) is 48.5 Å². The Morgan fingerprint density at radius 2 is 1.86 bits per heavy atom. The first-order valence-electron chi connectivity index (χ1n) is 9.02. The van der Waals surface area contributed by atoms with Crippen LogP contribution in [-0.2, 0) is 22.6 Å². The summed E-state index contributed by atoms with van der Waals surface area (Å²) in [7, 11) is 0. The Bertz CT molecular complexity index is 1090. The van der Waals surface area contributed by atoms with Gasteiger partial charge in [0.15, 0.2) is 12.3 Å². The van der Waals surface area contributed by atoms with E-state index >= 15 is 0 Å². The molecule has 0 saturated carbocycles. The summed E-state index contributed by atoms with van der Waals surface area (Å²) in [5.74, 6) is -1.76. The molecule has 2 aromatic carbocycles. The Hall–Kier alpha value is -3.81. The summed E-state index contributed by atoms with van der Waals surface area (Å²) in [6, 6.07) is 14.9. The SMILES string of the molecule is CCc1c(/C(=N\O)C(N)=O)c2c(OCC(=O)O)cccc2n1Cc1ccccc1. The van der Waals surface area contributed by atoms with Gasteiger partial charge in [0.2, 0.25) is 0 Å². The third-order valence-electron chi connectivity index (χ3n) is 4.60. The molecule has 8 heteroatoms. The molecule has 0 unspecified atom stereocenters. The summed E-state index contributed by atoms with van der Waals surface area (Å²) in [4.78, 5) is 23.0. The molecule has 1 amide bonds. The molecule has 0 atom stereocenters. The lowest BCUT2D eigenvalue weighted by Gasteiger charge is -2.11. The van der Waals surface area contributed by atoms with Crippen LogP contribution in [0.25, 0.3) is 10.9 Å². The molecule has 0 aliphatic rings. The number of rotatable bonds is 8. The first-order valence-corrected chi connectivity index (χ1v) is 9.02. The van der Waals surface area contributed by atoms with Crippen LogP contribution in [0.3, 0.4) is 0 Å². The predicted octanol–water partition coefficient (Wildman–Crippen LogP) is 2.38. The second kappa shape index (κ2) is 8.47. The second-order valence-electron chi connectivity index (χ2n) is 6.39. The highest BCUT2D eigenvalue weighted by atomic mass is 16.5. The zero-order valence-corrected chi connectivity index (χ0v) is 15.8. The number of carboxylic acids is 1. The fraction of sp³-hybridized carbons (Fsp3) is 0.190. The number of nitrogens with two attached hydrogens (primary N) is 1. The van der Waals surface area contributed by atoms with Gasteiger partial charge in [-0.25, -0.2) is 4.79 Å². The Balaban J connectivity index is 2.32. The lowest BCUT2D eigenvalue weighted by molar-refractivity contribution is -0.139. The van der Waals surface area contributed by atoms with Crippen LogP contribution in [-0.4, -0.2) is 39.1 Å². The van der Waals surface area contributed by atoms with E-state index < -0.39 is 18.5 Å². The molecule has 3 aromatic rings. The van der Waals surface area contributed by atoms with Crippen LogP contribution < -0.4 is 10.5 Å². The quantitative estimate of drug-likeness (QED) is 0.307. The van der Waals surface area contributed by atoms with Crippen LogP contribution in [0.4, 0.5) is 0 Å². The number of primary amides is 1. The first kappa shape index (κ1) is 19.9. The number of benzene rings is 2. The maximum absolute atomic E-state index is 12.0. The van der Waals surface area contributed by atoms with Crippen LogP contribution in [0.1, 0.15) is 23.7 Å². The van der Waals surface area contributed by atoms with Gasteiger partial charge in [-0.15, -0.1) is 0 Å². The van der Waals surface area contributed by atoms with E-state index in [4.69, 9.17) is 15.6 Å². The van der Waals surface area contributed by atoms with Gasteiger partial charge < -0.3 is 25.4 Å². The average Bonchev–Trinajstić information content (AvgIpc) is 3.01. The molecule has 3 rings (SSSR count). The van der Waals surface area contributed by atoms with Crippen molar-refractivity contribution in [2.45, 2.75) is 19.9 Å². The third-order valence-corrected chi connectivity index (χ3v) is 4.60. The van der Waals surface area contributed by atoms with Crippen molar-refractivity contribution in [1.82, 2.24) is 4.57 Å². The van der Waals surface area contributed by atoms with Crippen molar-refractivity contribution in [3.8, 4) is 5.75 Å². The molecule has 1 aromatic heterocycles. The normalized spacial score (nSPS) is 11.6. The molecular weight excluding hydrogens is 374 g/mol. The summed E-state index contributed by atoms with van der Waals surface area (Å²) in [5, 5.41) is 22.1. The van der Waals surface area contributed by atoms with Crippen molar-refractivity contribution < 1.29 is 24.6 Å². The number of carbonyl (C=O) groups is 2. The van der Waals surface area contributed by atoms with Crippen molar-refractivity contribution >= 4 is 28.5 Å². The summed E-state index contributed by atoms with van der Waals surface area (Å²) in [6.45, 7) is 1.86. The van der Waals surface area contributed by atoms with Crippen molar-refractivity contribution in [3.05, 3.63) is 65.4 Å². The highest BCUT2D eigenvalue weighted by Gasteiger charge is 2.26. The minimum absolute atomic E-state index is 0.267. The van der Waals surface area contributed by atoms with E-state index in [-0.39, 0.29) is 11.5 Å². The Labute approximate surface area is 166 Å². The van der Waals surface area contributed by atoms with Crippen LogP contribution >= 0.6 is 0 Å². The minimum Gasteiger partial charge on any atom is -0.481 e. The van der Waals surface area contributed by atoms with Gasteiger partial charge in [0.05, 0.1) is 10.9 Å². The van der Waals surface area contributed by atoms with Crippen molar-refractivity contribution in [3.63, 3.8) is 0 Å². The maximum atomic E-state index is 12.0. The Morgan fingerprint density at radius 3 is 2.45 bits per heavy atom. The van der Waals surface area contributed by atoms with E-state index in [1.807, 2.05) is 47.9 Å². The monoisotopic (exact) mass is 395 g/mol. The number of ether oxygens (including phenoxy) is 1. The van der Waals surface area contributed by atoms with Gasteiger partial charge in [0.25, 0.3) is 5.91 Å². The molecular formula is C21H21N3O5. The van der Waals surface area contributed by atoms with Crippen LogP contribution in [0, 0.1) is 0 Å². The summed E-state index contributed by atoms with van der Waals surface area (Å²) >= 11 is 0. The lowest BCUT2D eigenvalue weighted by atomic mass is 10.0. The van der Waals surface area contributed by atoms with Gasteiger partial charge in [0, 0.05) is 17.8 Å². The van der Waals surface area contributed by atoms with Crippen LogP contribution in [0.2, 0.25) is 0 Å². The summed E-state index contributed by atoms with van der Waals surface area (Å²) in [6.07, 6.45) is 0.515. The van der Waals surface area contributed by atoms with Crippen molar-refractivity contribution in [2.75, 3.05) is 6.61 Å². The molecule has 0 radical (unpaired) electrons. The number of oxime groups is 1. The van der Waals surface area contributed by atoms with E-state index in [0.29, 0.717) is 29.4 Å². The molecule has 8 nitrogen and oxygen atoms in total. The number of carboxylic acid groups (broad SMARTS) is 1. The van der Waals surface area contributed by atoms with E-state index in [1.165, 1.54) is 0 Å². The number of carbonyl (C=O) groups excluding carboxylic acids is 1. The number of amides is 1. The molecule has 0 aliphatic carbocycles. The number of hydrogen-bond acceptors (Lipinski definition) is 5. The molecule has 4 N–H and O–H groups in total. The average molecular weight is 395 g/mol. The fourth-order valence-corrected chi connectivity index (χ4v) is 3.47. The van der Waals surface area contributed by atoms with Gasteiger partial charge in [-0.2, -0.15) is 0 Å². The molecule has 1 heterocycles. The molecule has 0 bridgehead atoms. The van der Waals surface area contributed by atoms with Gasteiger partial charge in [-0.3, -0.25) is 4.79 Å². The number of hydrogen-bond donors (Lipinski definition) is 3. The molecule has 0 saturated heterocycles. The number of fused-ring (bicyclic) bond motifs is 1. The van der Waals surface area contributed by atoms with E-state index in [0.717, 1.165) is 11.3 Å². The van der Waals surface area contributed by atoms with Gasteiger partial charge in [-0.05, 0) is 24.1 Å². The number of aliphatic carboxylic acids is 1. The van der Waals surface area contributed by atoms with E-state index in [2.05, 4.69) is 5.16 Å². The zero-order chi connectivity index (χ0) is 21.0. The Kier molecular flexibility index (Phi) is 5.82. The lowest BCUT2D eigenvalue weighted by Crippen LogP contribution is -2.25. The van der Waals surface area contributed by atoms with Crippen LogP contribution in [0.5, 0.6) is 5.75 Å². The smallest absolute Gasteiger partial charge is 0.341 e. The predicted molar refractivity (Wildman–Crippen MR) is 108 cm³/mol. The molecule has 29 heavy (non-hydrogen) atoms. The van der Waals surface area contributed by atoms with Crippen LogP contribution in [0.15, 0.2) is 53.7 Å². The first-order chi connectivity index (χ1) is 14.0. The largest absolute Gasteiger partial charge is 0.481 e. The minimum atomic E-state index is -1.13. The fourth-order valence-electron chi connectivity index (χ4n) is 3.47. The van der Waals surface area contributed by atoms with E-state index in [1.54, 1.807) is 12.1 Å². The Morgan fingerprint density at radius 1 is 1.14 bits per heavy atom. The molecule has 0 spiro atoms. The third kappa shape index (κ3) is 3.91. The highest BCUT2D eigenvalue weighted by Crippen LogP contribution is 2.35. The summed E-state index contributed by atoms with van der Waals surface area (Å²) in [5.41, 5.74) is 7.96.